The molecule has 0 saturated heterocycles. The highest BCUT2D eigenvalue weighted by Gasteiger charge is 2.55. The Morgan fingerprint density at radius 2 is 2.06 bits per heavy atom. The van der Waals surface area contributed by atoms with Crippen molar-refractivity contribution in [2.45, 2.75) is 38.2 Å². The molecule has 0 bridgehead atoms. The number of hydrogen-bond donors (Lipinski definition) is 3. The fourth-order valence-corrected chi connectivity index (χ4v) is 5.72. The van der Waals surface area contributed by atoms with E-state index in [1.165, 1.54) is 0 Å². The van der Waals surface area contributed by atoms with Gasteiger partial charge in [0.25, 0.3) is 0 Å². The van der Waals surface area contributed by atoms with E-state index in [9.17, 15) is 15.0 Å². The van der Waals surface area contributed by atoms with E-state index in [0.29, 0.717) is 12.0 Å². The van der Waals surface area contributed by atoms with Crippen LogP contribution >= 0.6 is 0 Å². The monoisotopic (exact) mass is 415 g/mol. The van der Waals surface area contributed by atoms with E-state index in [0.717, 1.165) is 52.7 Å². The average Bonchev–Trinajstić information content (AvgIpc) is 3.27. The quantitative estimate of drug-likeness (QED) is 0.446. The Hall–Kier alpha value is -3.25. The number of rotatable bonds is 3. The smallest absolute Gasteiger partial charge is 0.165 e. The number of nitrogens with zero attached hydrogens (tertiary/aromatic N) is 2. The largest absolute Gasteiger partial charge is 0.515 e. The standard InChI is InChI=1S/C25H25N3O3/c1-15-21-8-7-20-22(17-9-16(13-29)11-26-12-17)27-28-24(20)25(21,10-18(14-30)23(15)31)19-5-3-2-4-6-19/h2-6,9,11-12,14-15,21,29-30H,7-8,10,13H2,1H3,(H,27,28)/b18-14-/t15-,21-,25+/m0/s1. The summed E-state index contributed by atoms with van der Waals surface area (Å²) in [5, 5.41) is 27.4. The van der Waals surface area contributed by atoms with Crippen molar-refractivity contribution < 1.29 is 15.0 Å². The van der Waals surface area contributed by atoms with Gasteiger partial charge >= 0.3 is 0 Å². The van der Waals surface area contributed by atoms with Gasteiger partial charge in [0.2, 0.25) is 0 Å². The Morgan fingerprint density at radius 1 is 1.26 bits per heavy atom. The molecule has 2 heterocycles. The average molecular weight is 415 g/mol. The number of hydrogen-bond acceptors (Lipinski definition) is 5. The second-order valence-electron chi connectivity index (χ2n) is 8.63. The lowest BCUT2D eigenvalue weighted by Gasteiger charge is -2.50. The first kappa shape index (κ1) is 19.7. The van der Waals surface area contributed by atoms with Gasteiger partial charge in [-0.05, 0) is 42.4 Å². The minimum absolute atomic E-state index is 0.0297. The number of carbonyl (C=O) groups is 1. The number of fused-ring (bicyclic) bond motifs is 3. The number of aromatic amines is 1. The molecule has 3 atom stereocenters. The highest BCUT2D eigenvalue weighted by molar-refractivity contribution is 5.98. The molecule has 0 radical (unpaired) electrons. The predicted octanol–water partition coefficient (Wildman–Crippen LogP) is 3.86. The van der Waals surface area contributed by atoms with Gasteiger partial charge in [-0.15, -0.1) is 0 Å². The minimum atomic E-state index is -0.468. The number of nitrogens with one attached hydrogen (secondary N) is 1. The van der Waals surface area contributed by atoms with Crippen molar-refractivity contribution in [2.75, 3.05) is 0 Å². The summed E-state index contributed by atoms with van der Waals surface area (Å²) in [6.45, 7) is 1.90. The van der Waals surface area contributed by atoms with Crippen LogP contribution in [0.25, 0.3) is 11.3 Å². The summed E-state index contributed by atoms with van der Waals surface area (Å²) in [5.41, 5.74) is 5.69. The van der Waals surface area contributed by atoms with Crippen LogP contribution in [0.3, 0.4) is 0 Å². The highest BCUT2D eigenvalue weighted by atomic mass is 16.3. The zero-order chi connectivity index (χ0) is 21.6. The summed E-state index contributed by atoms with van der Waals surface area (Å²) >= 11 is 0. The van der Waals surface area contributed by atoms with Gasteiger partial charge in [-0.2, -0.15) is 5.10 Å². The van der Waals surface area contributed by atoms with E-state index in [4.69, 9.17) is 0 Å². The molecule has 5 rings (SSSR count). The number of aliphatic hydroxyl groups excluding tert-OH is 2. The van der Waals surface area contributed by atoms with Gasteiger partial charge < -0.3 is 10.2 Å². The fourth-order valence-electron chi connectivity index (χ4n) is 5.72. The molecule has 1 saturated carbocycles. The molecule has 0 spiro atoms. The van der Waals surface area contributed by atoms with Crippen molar-refractivity contribution in [1.82, 2.24) is 15.2 Å². The Kier molecular flexibility index (Phi) is 4.74. The fraction of sp³-hybridized carbons (Fsp3) is 0.320. The minimum Gasteiger partial charge on any atom is -0.515 e. The first-order chi connectivity index (χ1) is 15.1. The van der Waals surface area contributed by atoms with Gasteiger partial charge in [-0.1, -0.05) is 37.3 Å². The maximum atomic E-state index is 12.9. The maximum Gasteiger partial charge on any atom is 0.165 e. The van der Waals surface area contributed by atoms with Crippen LogP contribution in [0.15, 0.2) is 60.6 Å². The van der Waals surface area contributed by atoms with Crippen molar-refractivity contribution in [3.63, 3.8) is 0 Å². The van der Waals surface area contributed by atoms with E-state index in [-0.39, 0.29) is 24.2 Å². The summed E-state index contributed by atoms with van der Waals surface area (Å²) in [7, 11) is 0. The molecule has 6 nitrogen and oxygen atoms in total. The van der Waals surface area contributed by atoms with Gasteiger partial charge in [0.15, 0.2) is 5.78 Å². The lowest BCUT2D eigenvalue weighted by Crippen LogP contribution is -2.50. The van der Waals surface area contributed by atoms with E-state index in [1.807, 2.05) is 31.2 Å². The van der Waals surface area contributed by atoms with Crippen molar-refractivity contribution in [1.29, 1.82) is 0 Å². The lowest BCUT2D eigenvalue weighted by molar-refractivity contribution is -0.123. The molecule has 158 valence electrons. The van der Waals surface area contributed by atoms with E-state index in [1.54, 1.807) is 12.4 Å². The molecule has 2 aromatic heterocycles. The van der Waals surface area contributed by atoms with Crippen molar-refractivity contribution in [3.05, 3.63) is 83.0 Å². The zero-order valence-corrected chi connectivity index (χ0v) is 17.4. The lowest BCUT2D eigenvalue weighted by atomic mass is 9.52. The molecule has 1 fully saturated rings. The molecule has 0 unspecified atom stereocenters. The third-order valence-corrected chi connectivity index (χ3v) is 7.15. The summed E-state index contributed by atoms with van der Waals surface area (Å²) in [6, 6.07) is 12.2. The first-order valence-corrected chi connectivity index (χ1v) is 10.7. The third-order valence-electron chi connectivity index (χ3n) is 7.15. The van der Waals surface area contributed by atoms with Crippen LogP contribution in [0, 0.1) is 11.8 Å². The Bertz CT molecular complexity index is 1170. The van der Waals surface area contributed by atoms with Gasteiger partial charge in [0.05, 0.1) is 24.3 Å². The van der Waals surface area contributed by atoms with Crippen LogP contribution in [0.5, 0.6) is 0 Å². The molecule has 6 heteroatoms. The Labute approximate surface area is 180 Å². The molecule has 3 aromatic rings. The number of allylic oxidation sites excluding steroid dienone is 1. The van der Waals surface area contributed by atoms with Crippen LogP contribution in [0.2, 0.25) is 0 Å². The maximum absolute atomic E-state index is 12.9. The normalized spacial score (nSPS) is 26.5. The summed E-state index contributed by atoms with van der Waals surface area (Å²) in [4.78, 5) is 17.2. The van der Waals surface area contributed by atoms with Crippen LogP contribution in [-0.2, 0) is 23.2 Å². The summed E-state index contributed by atoms with van der Waals surface area (Å²) in [5.74, 6) is -0.0671. The number of H-pyrrole nitrogens is 1. The number of ketones is 1. The number of pyridine rings is 1. The molecule has 2 aliphatic rings. The SMILES string of the molecule is C[C@@H]1C(=O)/C(=C\O)C[C@]2(c3ccccc3)c3[nH]nc(-c4cncc(CO)c4)c3CC[C@@H]12. The molecule has 0 amide bonds. The topological polar surface area (TPSA) is 99.1 Å². The summed E-state index contributed by atoms with van der Waals surface area (Å²) in [6.07, 6.45) is 6.50. The highest BCUT2D eigenvalue weighted by Crippen LogP contribution is 2.56. The van der Waals surface area contributed by atoms with Gasteiger partial charge in [-0.3, -0.25) is 14.9 Å². The van der Waals surface area contributed by atoms with Crippen LogP contribution in [0.4, 0.5) is 0 Å². The van der Waals surface area contributed by atoms with Crippen molar-refractivity contribution >= 4 is 5.78 Å². The Morgan fingerprint density at radius 3 is 2.81 bits per heavy atom. The van der Waals surface area contributed by atoms with Crippen LogP contribution in [0.1, 0.15) is 42.1 Å². The number of benzene rings is 1. The third kappa shape index (κ3) is 2.86. The van der Waals surface area contributed by atoms with E-state index >= 15 is 0 Å². The molecular weight excluding hydrogens is 390 g/mol. The summed E-state index contributed by atoms with van der Waals surface area (Å²) < 4.78 is 0. The second-order valence-corrected chi connectivity index (χ2v) is 8.63. The second kappa shape index (κ2) is 7.46. The molecule has 1 aromatic carbocycles. The van der Waals surface area contributed by atoms with Gasteiger partial charge in [0, 0.05) is 40.4 Å². The number of aliphatic hydroxyl groups is 2. The van der Waals surface area contributed by atoms with Crippen LogP contribution < -0.4 is 0 Å². The number of carbonyl (C=O) groups excluding carboxylic acids is 1. The number of Topliss-reactive ketones (excluding diaryl/α,β-unsaturated/α-hetero) is 1. The molecular formula is C25H25N3O3. The van der Waals surface area contributed by atoms with Crippen molar-refractivity contribution in [2.24, 2.45) is 11.8 Å². The zero-order valence-electron chi connectivity index (χ0n) is 17.4. The molecule has 0 aliphatic heterocycles. The van der Waals surface area contributed by atoms with E-state index < -0.39 is 5.41 Å². The van der Waals surface area contributed by atoms with Crippen molar-refractivity contribution in [3.8, 4) is 11.3 Å². The molecule has 31 heavy (non-hydrogen) atoms. The molecule has 2 aliphatic carbocycles. The molecule has 3 N–H and O–H groups in total. The first-order valence-electron chi connectivity index (χ1n) is 10.7. The Balaban J connectivity index is 1.74. The van der Waals surface area contributed by atoms with Gasteiger partial charge in [0.1, 0.15) is 0 Å². The number of aromatic nitrogens is 3. The van der Waals surface area contributed by atoms with Gasteiger partial charge in [-0.25, -0.2) is 0 Å². The van der Waals surface area contributed by atoms with E-state index in [2.05, 4.69) is 27.3 Å². The predicted molar refractivity (Wildman–Crippen MR) is 116 cm³/mol. The van der Waals surface area contributed by atoms with Crippen LogP contribution in [-0.4, -0.2) is 31.2 Å².